The number of hydrogen-bond donors (Lipinski definition) is 3. The highest BCUT2D eigenvalue weighted by molar-refractivity contribution is 7.93. The van der Waals surface area contributed by atoms with E-state index in [2.05, 4.69) is 5.32 Å². The summed E-state index contributed by atoms with van der Waals surface area (Å²) in [7, 11) is -0.262. The number of sulfone groups is 1. The Kier molecular flexibility index (Phi) is 8.36. The van der Waals surface area contributed by atoms with Crippen LogP contribution < -0.4 is 20.4 Å². The predicted molar refractivity (Wildman–Crippen MR) is 130 cm³/mol. The number of benzene rings is 2. The largest absolute Gasteiger partial charge is 0.491 e. The van der Waals surface area contributed by atoms with Crippen LogP contribution in [0.3, 0.4) is 0 Å². The Bertz CT molecular complexity index is 1130. The van der Waals surface area contributed by atoms with E-state index in [0.29, 0.717) is 11.3 Å². The molecule has 11 heteroatoms. The first-order chi connectivity index (χ1) is 16.6. The van der Waals surface area contributed by atoms with Gasteiger partial charge < -0.3 is 19.7 Å². The first kappa shape index (κ1) is 26.5. The van der Waals surface area contributed by atoms with Crippen molar-refractivity contribution >= 4 is 27.3 Å². The lowest BCUT2D eigenvalue weighted by atomic mass is 9.98. The highest BCUT2D eigenvalue weighted by Crippen LogP contribution is 2.35. The third-order valence-corrected chi connectivity index (χ3v) is 8.50. The van der Waals surface area contributed by atoms with Gasteiger partial charge in [-0.1, -0.05) is 0 Å². The summed E-state index contributed by atoms with van der Waals surface area (Å²) < 4.78 is 35.7. The molecular weight excluding hydrogens is 474 g/mol. The van der Waals surface area contributed by atoms with E-state index in [1.807, 2.05) is 31.1 Å². The fraction of sp³-hybridized carbons (Fsp3) is 0.417. The second kappa shape index (κ2) is 11.1. The predicted octanol–water partition coefficient (Wildman–Crippen LogP) is 1.78. The summed E-state index contributed by atoms with van der Waals surface area (Å²) in [5, 5.41) is 12.0. The van der Waals surface area contributed by atoms with Gasteiger partial charge in [0.2, 0.25) is 0 Å². The van der Waals surface area contributed by atoms with Crippen molar-refractivity contribution in [3.05, 3.63) is 54.1 Å². The molecule has 1 fully saturated rings. The molecule has 3 rings (SSSR count). The van der Waals surface area contributed by atoms with Crippen LogP contribution in [0, 0.1) is 0 Å². The molecule has 1 aliphatic heterocycles. The molecular formula is C24H31N3O7S. The first-order valence-corrected chi connectivity index (χ1v) is 12.7. The number of nitrogens with one attached hydrogen (secondary N) is 2. The van der Waals surface area contributed by atoms with Crippen LogP contribution in [0.25, 0.3) is 0 Å². The van der Waals surface area contributed by atoms with Crippen molar-refractivity contribution in [3.63, 3.8) is 0 Å². The Hall–Kier alpha value is -3.15. The van der Waals surface area contributed by atoms with E-state index in [1.54, 1.807) is 19.1 Å². The molecule has 1 aliphatic rings. The summed E-state index contributed by atoms with van der Waals surface area (Å²) in [4.78, 5) is 26.7. The minimum Gasteiger partial charge on any atom is -0.491 e. The molecule has 1 saturated heterocycles. The number of rotatable bonds is 9. The summed E-state index contributed by atoms with van der Waals surface area (Å²) in [6.45, 7) is 2.16. The fourth-order valence-corrected chi connectivity index (χ4v) is 5.78. The van der Waals surface area contributed by atoms with Crippen molar-refractivity contribution < 1.29 is 32.7 Å². The Morgan fingerprint density at radius 2 is 1.69 bits per heavy atom. The van der Waals surface area contributed by atoms with E-state index in [4.69, 9.17) is 14.7 Å². The van der Waals surface area contributed by atoms with Gasteiger partial charge in [0, 0.05) is 38.6 Å². The molecule has 2 aromatic carbocycles. The van der Waals surface area contributed by atoms with Gasteiger partial charge in [-0.3, -0.25) is 14.8 Å². The summed E-state index contributed by atoms with van der Waals surface area (Å²) >= 11 is 0. The molecule has 10 nitrogen and oxygen atoms in total. The molecule has 1 heterocycles. The standard InChI is InChI=1S/C24H31N3O7S/c1-17(25-22(28)18-4-6-19(7-5-18)27(2)3)16-34-20-8-10-21(11-9-20)35(31,32)24(23(29)26-30)12-14-33-15-13-24/h4-11,17,30H,12-16H2,1-3H3,(H,25,28)(H,26,29)/t17-/m0/s1. The van der Waals surface area contributed by atoms with Gasteiger partial charge in [-0.05, 0) is 68.3 Å². The average Bonchev–Trinajstić information content (AvgIpc) is 2.87. The van der Waals surface area contributed by atoms with Crippen LogP contribution in [-0.2, 0) is 19.4 Å². The highest BCUT2D eigenvalue weighted by Gasteiger charge is 2.52. The van der Waals surface area contributed by atoms with Crippen molar-refractivity contribution in [2.45, 2.75) is 35.4 Å². The fourth-order valence-electron chi connectivity index (χ4n) is 3.84. The van der Waals surface area contributed by atoms with Gasteiger partial charge in [0.05, 0.1) is 10.9 Å². The summed E-state index contributed by atoms with van der Waals surface area (Å²) in [5.74, 6) is -0.785. The normalized spacial score (nSPS) is 16.1. The molecule has 0 radical (unpaired) electrons. The van der Waals surface area contributed by atoms with Gasteiger partial charge in [0.1, 0.15) is 12.4 Å². The number of hydroxylamine groups is 1. The summed E-state index contributed by atoms with van der Waals surface area (Å²) in [6, 6.07) is 12.6. The minimum atomic E-state index is -4.11. The smallest absolute Gasteiger partial charge is 0.265 e. The Morgan fingerprint density at radius 3 is 2.23 bits per heavy atom. The Balaban J connectivity index is 1.61. The molecule has 0 aliphatic carbocycles. The lowest BCUT2D eigenvalue weighted by Crippen LogP contribution is -2.54. The second-order valence-electron chi connectivity index (χ2n) is 8.65. The Morgan fingerprint density at radius 1 is 1.09 bits per heavy atom. The molecule has 0 saturated carbocycles. The van der Waals surface area contributed by atoms with Gasteiger partial charge in [-0.25, -0.2) is 13.9 Å². The van der Waals surface area contributed by atoms with Gasteiger partial charge in [-0.2, -0.15) is 0 Å². The van der Waals surface area contributed by atoms with Gasteiger partial charge in [0.25, 0.3) is 11.8 Å². The van der Waals surface area contributed by atoms with Gasteiger partial charge in [0.15, 0.2) is 14.6 Å². The number of nitrogens with zero attached hydrogens (tertiary/aromatic N) is 1. The average molecular weight is 506 g/mol. The number of anilines is 1. The zero-order chi connectivity index (χ0) is 25.6. The highest BCUT2D eigenvalue weighted by atomic mass is 32.2. The van der Waals surface area contributed by atoms with Crippen LogP contribution in [-0.4, -0.2) is 70.1 Å². The van der Waals surface area contributed by atoms with E-state index >= 15 is 0 Å². The molecule has 0 bridgehead atoms. The van der Waals surface area contributed by atoms with Crippen LogP contribution in [0.5, 0.6) is 5.75 Å². The SMILES string of the molecule is C[C@@H](COc1ccc(S(=O)(=O)C2(C(=O)NO)CCOCC2)cc1)NC(=O)c1ccc(N(C)C)cc1. The molecule has 0 spiro atoms. The van der Waals surface area contributed by atoms with Crippen LogP contribution >= 0.6 is 0 Å². The van der Waals surface area contributed by atoms with E-state index in [9.17, 15) is 18.0 Å². The van der Waals surface area contributed by atoms with Crippen molar-refractivity contribution in [2.75, 3.05) is 38.8 Å². The molecule has 2 aromatic rings. The molecule has 35 heavy (non-hydrogen) atoms. The number of ether oxygens (including phenoxy) is 2. The van der Waals surface area contributed by atoms with E-state index in [1.165, 1.54) is 29.7 Å². The third kappa shape index (κ3) is 5.75. The number of carbonyl (C=O) groups is 2. The Labute approximate surface area is 205 Å². The monoisotopic (exact) mass is 505 g/mol. The van der Waals surface area contributed by atoms with Crippen LogP contribution in [0.15, 0.2) is 53.4 Å². The van der Waals surface area contributed by atoms with Gasteiger partial charge in [-0.15, -0.1) is 0 Å². The topological polar surface area (TPSA) is 134 Å². The zero-order valence-electron chi connectivity index (χ0n) is 20.0. The number of amides is 2. The molecule has 190 valence electrons. The van der Waals surface area contributed by atoms with E-state index < -0.39 is 20.5 Å². The first-order valence-electron chi connectivity index (χ1n) is 11.2. The third-order valence-electron chi connectivity index (χ3n) is 5.99. The lowest BCUT2D eigenvalue weighted by Gasteiger charge is -2.34. The van der Waals surface area contributed by atoms with Crippen molar-refractivity contribution in [1.29, 1.82) is 0 Å². The maximum atomic E-state index is 13.3. The summed E-state index contributed by atoms with van der Waals surface area (Å²) in [6.07, 6.45) is -0.121. The molecule has 3 N–H and O–H groups in total. The maximum absolute atomic E-state index is 13.3. The van der Waals surface area contributed by atoms with E-state index in [-0.39, 0.29) is 49.5 Å². The second-order valence-corrected chi connectivity index (χ2v) is 10.9. The molecule has 0 aromatic heterocycles. The van der Waals surface area contributed by atoms with Gasteiger partial charge >= 0.3 is 0 Å². The number of carbonyl (C=O) groups excluding carboxylic acids is 2. The van der Waals surface area contributed by atoms with Crippen molar-refractivity contribution in [2.24, 2.45) is 0 Å². The van der Waals surface area contributed by atoms with Crippen molar-refractivity contribution in [3.8, 4) is 5.75 Å². The maximum Gasteiger partial charge on any atom is 0.265 e. The quantitative estimate of drug-likeness (QED) is 0.347. The van der Waals surface area contributed by atoms with Crippen LogP contribution in [0.1, 0.15) is 30.1 Å². The van der Waals surface area contributed by atoms with Crippen molar-refractivity contribution in [1.82, 2.24) is 10.8 Å². The lowest BCUT2D eigenvalue weighted by molar-refractivity contribution is -0.134. The minimum absolute atomic E-state index is 0.0575. The number of hydrogen-bond acceptors (Lipinski definition) is 8. The summed E-state index contributed by atoms with van der Waals surface area (Å²) in [5.41, 5.74) is 3.02. The zero-order valence-corrected chi connectivity index (χ0v) is 20.8. The molecule has 1 atom stereocenters. The molecule has 0 unspecified atom stereocenters. The molecule has 2 amide bonds. The van der Waals surface area contributed by atoms with E-state index in [0.717, 1.165) is 5.69 Å². The van der Waals surface area contributed by atoms with Crippen LogP contribution in [0.2, 0.25) is 0 Å². The van der Waals surface area contributed by atoms with Crippen LogP contribution in [0.4, 0.5) is 5.69 Å².